The molecule has 0 radical (unpaired) electrons. The van der Waals surface area contributed by atoms with Crippen molar-refractivity contribution in [3.63, 3.8) is 0 Å². The minimum Gasteiger partial charge on any atom is -0.337 e. The van der Waals surface area contributed by atoms with Crippen LogP contribution in [-0.2, 0) is 6.18 Å². The number of likely N-dealkylation sites (tertiary alicyclic amines) is 1. The van der Waals surface area contributed by atoms with Crippen molar-refractivity contribution in [2.75, 3.05) is 27.2 Å². The van der Waals surface area contributed by atoms with Gasteiger partial charge in [0.1, 0.15) is 5.82 Å². The smallest absolute Gasteiger partial charge is 0.337 e. The van der Waals surface area contributed by atoms with Crippen LogP contribution in [0.5, 0.6) is 0 Å². The summed E-state index contributed by atoms with van der Waals surface area (Å²) in [5.41, 5.74) is -1.53. The molecular weight excluding hydrogens is 300 g/mol. The van der Waals surface area contributed by atoms with Gasteiger partial charge in [0.2, 0.25) is 0 Å². The lowest BCUT2D eigenvalue weighted by Crippen LogP contribution is -2.47. The Morgan fingerprint density at radius 1 is 1.32 bits per heavy atom. The molecular formula is C15H18F4N2O. The van der Waals surface area contributed by atoms with Gasteiger partial charge in [0, 0.05) is 24.7 Å². The molecule has 3 nitrogen and oxygen atoms in total. The number of nitrogens with zero attached hydrogens (tertiary/aromatic N) is 2. The van der Waals surface area contributed by atoms with E-state index in [1.807, 2.05) is 19.0 Å². The number of amides is 1. The third kappa shape index (κ3) is 3.58. The van der Waals surface area contributed by atoms with E-state index in [-0.39, 0.29) is 11.6 Å². The Morgan fingerprint density at radius 3 is 2.59 bits per heavy atom. The van der Waals surface area contributed by atoms with Crippen molar-refractivity contribution >= 4 is 5.91 Å². The molecule has 0 aromatic heterocycles. The van der Waals surface area contributed by atoms with Crippen LogP contribution < -0.4 is 0 Å². The standard InChI is InChI=1S/C15H18F4N2O/c1-20(2)11-4-3-7-21(9-11)14(22)10-5-6-13(16)12(8-10)15(17,18)19/h5-6,8,11H,3-4,7,9H2,1-2H3/t11-/m1/s1. The second-order valence-electron chi connectivity index (χ2n) is 5.70. The van der Waals surface area contributed by atoms with E-state index in [1.165, 1.54) is 4.90 Å². The van der Waals surface area contributed by atoms with Gasteiger partial charge in [-0.25, -0.2) is 4.39 Å². The summed E-state index contributed by atoms with van der Waals surface area (Å²) in [4.78, 5) is 15.9. The van der Waals surface area contributed by atoms with E-state index in [9.17, 15) is 22.4 Å². The topological polar surface area (TPSA) is 23.6 Å². The van der Waals surface area contributed by atoms with Crippen LogP contribution in [0.4, 0.5) is 17.6 Å². The van der Waals surface area contributed by atoms with Crippen LogP contribution in [0.2, 0.25) is 0 Å². The van der Waals surface area contributed by atoms with Crippen LogP contribution in [-0.4, -0.2) is 48.9 Å². The molecule has 1 fully saturated rings. The van der Waals surface area contributed by atoms with Gasteiger partial charge >= 0.3 is 6.18 Å². The Morgan fingerprint density at radius 2 is 2.00 bits per heavy atom. The number of alkyl halides is 3. The summed E-state index contributed by atoms with van der Waals surface area (Å²) in [5.74, 6) is -1.86. The highest BCUT2D eigenvalue weighted by atomic mass is 19.4. The number of likely N-dealkylation sites (N-methyl/N-ethyl adjacent to an activating group) is 1. The lowest BCUT2D eigenvalue weighted by atomic mass is 10.0. The van der Waals surface area contributed by atoms with Crippen molar-refractivity contribution < 1.29 is 22.4 Å². The summed E-state index contributed by atoms with van der Waals surface area (Å²) < 4.78 is 51.5. The first-order chi connectivity index (χ1) is 10.2. The number of carbonyl (C=O) groups excluding carboxylic acids is 1. The molecule has 1 aliphatic heterocycles. The molecule has 1 saturated heterocycles. The first kappa shape index (κ1) is 16.7. The molecule has 7 heteroatoms. The Balaban J connectivity index is 2.23. The highest BCUT2D eigenvalue weighted by Crippen LogP contribution is 2.32. The molecule has 1 amide bonds. The van der Waals surface area contributed by atoms with Gasteiger partial charge in [-0.2, -0.15) is 13.2 Å². The van der Waals surface area contributed by atoms with E-state index in [0.29, 0.717) is 25.2 Å². The second kappa shape index (κ2) is 6.24. The summed E-state index contributed by atoms with van der Waals surface area (Å²) in [6.45, 7) is 0.965. The number of hydrogen-bond donors (Lipinski definition) is 0. The SMILES string of the molecule is CN(C)[C@@H]1CCCN(C(=O)c2ccc(F)c(C(F)(F)F)c2)C1. The van der Waals surface area contributed by atoms with Gasteiger partial charge < -0.3 is 9.80 Å². The highest BCUT2D eigenvalue weighted by molar-refractivity contribution is 5.94. The molecule has 0 bridgehead atoms. The van der Waals surface area contributed by atoms with Crippen molar-refractivity contribution in [3.05, 3.63) is 35.1 Å². The maximum Gasteiger partial charge on any atom is 0.419 e. The number of piperidine rings is 1. The van der Waals surface area contributed by atoms with E-state index >= 15 is 0 Å². The fraction of sp³-hybridized carbons (Fsp3) is 0.533. The van der Waals surface area contributed by atoms with Crippen LogP contribution in [0, 0.1) is 5.82 Å². The molecule has 22 heavy (non-hydrogen) atoms. The largest absolute Gasteiger partial charge is 0.419 e. The molecule has 1 atom stereocenters. The molecule has 0 aliphatic carbocycles. The number of benzene rings is 1. The molecule has 0 N–H and O–H groups in total. The third-order valence-corrected chi connectivity index (χ3v) is 3.93. The maximum atomic E-state index is 13.3. The number of halogens is 4. The van der Waals surface area contributed by atoms with E-state index in [0.717, 1.165) is 18.9 Å². The third-order valence-electron chi connectivity index (χ3n) is 3.93. The number of carbonyl (C=O) groups is 1. The quantitative estimate of drug-likeness (QED) is 0.783. The maximum absolute atomic E-state index is 13.3. The molecule has 2 rings (SSSR count). The van der Waals surface area contributed by atoms with Gasteiger partial charge in [0.25, 0.3) is 5.91 Å². The predicted molar refractivity (Wildman–Crippen MR) is 74.0 cm³/mol. The minimum atomic E-state index is -4.81. The summed E-state index contributed by atoms with van der Waals surface area (Å²) in [7, 11) is 3.80. The van der Waals surface area contributed by atoms with Crippen LogP contribution in [0.25, 0.3) is 0 Å². The fourth-order valence-electron chi connectivity index (χ4n) is 2.62. The van der Waals surface area contributed by atoms with E-state index < -0.39 is 23.5 Å². The zero-order chi connectivity index (χ0) is 16.5. The van der Waals surface area contributed by atoms with Gasteiger partial charge in [-0.3, -0.25) is 4.79 Å². The Bertz CT molecular complexity index is 557. The molecule has 0 spiro atoms. The Hall–Kier alpha value is -1.63. The summed E-state index contributed by atoms with van der Waals surface area (Å²) in [5, 5.41) is 0. The van der Waals surface area contributed by atoms with Gasteiger partial charge in [-0.05, 0) is 45.1 Å². The van der Waals surface area contributed by atoms with E-state index in [4.69, 9.17) is 0 Å². The van der Waals surface area contributed by atoms with Gasteiger partial charge in [0.05, 0.1) is 5.56 Å². The molecule has 1 aliphatic rings. The summed E-state index contributed by atoms with van der Waals surface area (Å²) in [6, 6.07) is 2.58. The van der Waals surface area contributed by atoms with Crippen molar-refractivity contribution in [1.82, 2.24) is 9.80 Å². The van der Waals surface area contributed by atoms with Crippen molar-refractivity contribution in [2.45, 2.75) is 25.1 Å². The summed E-state index contributed by atoms with van der Waals surface area (Å²) in [6.07, 6.45) is -3.08. The lowest BCUT2D eigenvalue weighted by Gasteiger charge is -2.36. The number of rotatable bonds is 2. The molecule has 0 unspecified atom stereocenters. The van der Waals surface area contributed by atoms with E-state index in [2.05, 4.69) is 0 Å². The van der Waals surface area contributed by atoms with Crippen LogP contribution >= 0.6 is 0 Å². The average molecular weight is 318 g/mol. The van der Waals surface area contributed by atoms with Gasteiger partial charge in [-0.1, -0.05) is 0 Å². The van der Waals surface area contributed by atoms with Crippen molar-refractivity contribution in [2.24, 2.45) is 0 Å². The first-order valence-corrected chi connectivity index (χ1v) is 7.02. The molecule has 0 saturated carbocycles. The Kier molecular flexibility index (Phi) is 4.75. The van der Waals surface area contributed by atoms with Gasteiger partial charge in [-0.15, -0.1) is 0 Å². The zero-order valence-corrected chi connectivity index (χ0v) is 12.5. The molecule has 1 aromatic carbocycles. The average Bonchev–Trinajstić information content (AvgIpc) is 2.46. The fourth-order valence-corrected chi connectivity index (χ4v) is 2.62. The lowest BCUT2D eigenvalue weighted by molar-refractivity contribution is -0.140. The first-order valence-electron chi connectivity index (χ1n) is 7.02. The summed E-state index contributed by atoms with van der Waals surface area (Å²) >= 11 is 0. The predicted octanol–water partition coefficient (Wildman–Crippen LogP) is 3.01. The van der Waals surface area contributed by atoms with Crippen LogP contribution in [0.1, 0.15) is 28.8 Å². The molecule has 122 valence electrons. The van der Waals surface area contributed by atoms with Crippen LogP contribution in [0.15, 0.2) is 18.2 Å². The molecule has 1 aromatic rings. The normalized spacial score (nSPS) is 19.6. The van der Waals surface area contributed by atoms with Crippen LogP contribution in [0.3, 0.4) is 0 Å². The molecule has 1 heterocycles. The monoisotopic (exact) mass is 318 g/mol. The van der Waals surface area contributed by atoms with Gasteiger partial charge in [0.15, 0.2) is 0 Å². The second-order valence-corrected chi connectivity index (χ2v) is 5.70. The highest BCUT2D eigenvalue weighted by Gasteiger charge is 2.35. The zero-order valence-electron chi connectivity index (χ0n) is 12.5. The minimum absolute atomic E-state index is 0.131. The van der Waals surface area contributed by atoms with Crippen molar-refractivity contribution in [3.8, 4) is 0 Å². The van der Waals surface area contributed by atoms with E-state index in [1.54, 1.807) is 0 Å². The Labute approximate surface area is 126 Å². The number of hydrogen-bond acceptors (Lipinski definition) is 2. The van der Waals surface area contributed by atoms with Crippen molar-refractivity contribution in [1.29, 1.82) is 0 Å².